The van der Waals surface area contributed by atoms with Gasteiger partial charge in [0.15, 0.2) is 30.2 Å². The summed E-state index contributed by atoms with van der Waals surface area (Å²) in [5.74, 6) is -8.59. The molecule has 57 heavy (non-hydrogen) atoms. The molecular weight excluding hydrogens is 773 g/mol. The number of nitrogens with one attached hydrogen (secondary N) is 2. The van der Waals surface area contributed by atoms with E-state index in [-0.39, 0.29) is 36.0 Å². The van der Waals surface area contributed by atoms with E-state index in [1.165, 1.54) is 32.2 Å². The van der Waals surface area contributed by atoms with Gasteiger partial charge < -0.3 is 49.5 Å². The predicted octanol–water partition coefficient (Wildman–Crippen LogP) is 0.0922. The fourth-order valence-corrected chi connectivity index (χ4v) is 7.45. The van der Waals surface area contributed by atoms with E-state index in [9.17, 15) is 67.2 Å². The Morgan fingerprint density at radius 3 is 2.35 bits per heavy atom. The summed E-state index contributed by atoms with van der Waals surface area (Å²) < 4.78 is 61.3. The molecule has 6 rings (SSSR count). The number of fused-ring (bicyclic) bond motifs is 3. The van der Waals surface area contributed by atoms with Gasteiger partial charge in [0.2, 0.25) is 11.9 Å². The molecule has 1 heterocycles. The molecule has 3 aliphatic carbocycles. The van der Waals surface area contributed by atoms with Gasteiger partial charge in [0.25, 0.3) is 0 Å². The second kappa shape index (κ2) is 15.6. The number of hydroxylamine groups is 1. The van der Waals surface area contributed by atoms with Crippen molar-refractivity contribution in [3.8, 4) is 17.2 Å². The van der Waals surface area contributed by atoms with Crippen molar-refractivity contribution in [2.45, 2.75) is 93.6 Å². The maximum absolute atomic E-state index is 14.0. The first-order valence-electron chi connectivity index (χ1n) is 17.3. The van der Waals surface area contributed by atoms with E-state index in [0.717, 1.165) is 0 Å². The van der Waals surface area contributed by atoms with Crippen LogP contribution in [0, 0.1) is 0 Å². The van der Waals surface area contributed by atoms with Crippen LogP contribution < -0.4 is 15.5 Å². The lowest BCUT2D eigenvalue weighted by molar-refractivity contribution is -0.252. The predicted molar refractivity (Wildman–Crippen MR) is 178 cm³/mol. The number of hydrogen-bond acceptors (Lipinski definition) is 17. The largest absolute Gasteiger partial charge is 0.507 e. The van der Waals surface area contributed by atoms with Crippen LogP contribution in [0.25, 0.3) is 0 Å². The zero-order valence-corrected chi connectivity index (χ0v) is 29.9. The number of ketones is 4. The molecule has 306 valence electrons. The molecule has 18 nitrogen and oxygen atoms in total. The number of aromatic hydroxyl groups is 2. The van der Waals surface area contributed by atoms with Crippen molar-refractivity contribution in [3.63, 3.8) is 0 Å². The summed E-state index contributed by atoms with van der Waals surface area (Å²) in [7, 11) is 1.23. The highest BCUT2D eigenvalue weighted by Gasteiger charge is 2.51. The number of Topliss-reactive ketones (excluding diaryl/α,β-unsaturated/α-hetero) is 2. The van der Waals surface area contributed by atoms with Crippen LogP contribution in [0.3, 0.4) is 0 Å². The molecule has 0 spiro atoms. The minimum Gasteiger partial charge on any atom is -0.507 e. The number of hydrogen-bond donors (Lipinski definition) is 6. The summed E-state index contributed by atoms with van der Waals surface area (Å²) in [5.41, 5.74) is -2.90. The van der Waals surface area contributed by atoms with Crippen LogP contribution in [0.5, 0.6) is 17.2 Å². The Balaban J connectivity index is 1.36. The fourth-order valence-electron chi connectivity index (χ4n) is 7.45. The number of halogens is 3. The van der Waals surface area contributed by atoms with Gasteiger partial charge in [0.1, 0.15) is 35.7 Å². The standard InChI is InChI=1S/C36H35F3N2O16/c1-13-28(46)16(40-34(51)36(37,38)39)8-23(55-13)56-20-10-35(52,21(11-42)41-54-12-22(45)57-33-17(43)6-7-18(33)44)9-15-25(20)32(50)27-26(30(15)48)29(47)14-4-3-5-19(53-2)24(14)31(27)49/h3-5,11,13,16,20-21,23,28,33,41,46,48,50,52H,6-10,12H2,1-2H3,(H,40,51)/t13?,16?,20-,21?,23?,28?,35-/m0/s1. The normalized spacial score (nSPS) is 26.6. The molecule has 0 radical (unpaired) electrons. The summed E-state index contributed by atoms with van der Waals surface area (Å²) in [6, 6.07) is 0.596. The number of carbonyl (C=O) groups is 7. The number of ether oxygens (including phenoxy) is 4. The molecule has 2 aromatic rings. The Bertz CT molecular complexity index is 2040. The molecule has 7 atom stereocenters. The Kier molecular flexibility index (Phi) is 11.3. The summed E-state index contributed by atoms with van der Waals surface area (Å²) in [6.45, 7) is 0.258. The third-order valence-electron chi connectivity index (χ3n) is 10.3. The van der Waals surface area contributed by atoms with E-state index in [1.807, 2.05) is 0 Å². The third-order valence-corrected chi connectivity index (χ3v) is 10.3. The maximum atomic E-state index is 14.0. The first-order chi connectivity index (χ1) is 26.8. The smallest absolute Gasteiger partial charge is 0.471 e. The van der Waals surface area contributed by atoms with Crippen molar-refractivity contribution in [2.75, 3.05) is 13.7 Å². The van der Waals surface area contributed by atoms with Gasteiger partial charge in [-0.05, 0) is 13.0 Å². The van der Waals surface area contributed by atoms with Gasteiger partial charge in [0, 0.05) is 48.8 Å². The van der Waals surface area contributed by atoms with E-state index in [4.69, 9.17) is 23.8 Å². The quantitative estimate of drug-likeness (QED) is 0.0493. The number of benzene rings is 2. The highest BCUT2D eigenvalue weighted by molar-refractivity contribution is 6.31. The number of esters is 1. The van der Waals surface area contributed by atoms with Crippen molar-refractivity contribution >= 4 is 41.3 Å². The van der Waals surface area contributed by atoms with E-state index in [2.05, 4.69) is 5.48 Å². The molecule has 4 aliphatic rings. The van der Waals surface area contributed by atoms with E-state index < -0.39 is 149 Å². The van der Waals surface area contributed by atoms with Crippen LogP contribution in [0.4, 0.5) is 13.2 Å². The van der Waals surface area contributed by atoms with Gasteiger partial charge in [0.05, 0.1) is 47.7 Å². The van der Waals surface area contributed by atoms with Crippen molar-refractivity contribution in [1.29, 1.82) is 0 Å². The average Bonchev–Trinajstić information content (AvgIpc) is 3.46. The first kappa shape index (κ1) is 41.3. The number of aliphatic hydroxyl groups excluding tert-OH is 1. The molecule has 0 bridgehead atoms. The summed E-state index contributed by atoms with van der Waals surface area (Å²) in [6.07, 6.45) is -15.6. The van der Waals surface area contributed by atoms with Gasteiger partial charge in [-0.15, -0.1) is 0 Å². The van der Waals surface area contributed by atoms with E-state index in [1.54, 1.807) is 5.32 Å². The van der Waals surface area contributed by atoms with Crippen molar-refractivity contribution in [3.05, 3.63) is 51.6 Å². The van der Waals surface area contributed by atoms with Gasteiger partial charge in [-0.2, -0.15) is 18.7 Å². The SMILES string of the molecule is COc1cccc2c1C(=O)c1c(O)c3c(c(O)c1C2=O)C[C@@](O)(C(C=O)NOCC(=O)OC1C(=O)CCC1=O)C[C@@H]3OC1CC(NC(=O)C(F)(F)F)C(O)C(C)O1. The zero-order chi connectivity index (χ0) is 41.7. The lowest BCUT2D eigenvalue weighted by Gasteiger charge is -2.44. The minimum absolute atomic E-state index is 0.0457. The van der Waals surface area contributed by atoms with Crippen LogP contribution in [0.2, 0.25) is 0 Å². The molecule has 21 heteroatoms. The second-order valence-electron chi connectivity index (χ2n) is 13.9. The highest BCUT2D eigenvalue weighted by Crippen LogP contribution is 2.53. The number of carbonyl (C=O) groups excluding carboxylic acids is 7. The van der Waals surface area contributed by atoms with Gasteiger partial charge in [-0.3, -0.25) is 28.8 Å². The Morgan fingerprint density at radius 2 is 1.72 bits per heavy atom. The second-order valence-corrected chi connectivity index (χ2v) is 13.9. The van der Waals surface area contributed by atoms with E-state index >= 15 is 0 Å². The van der Waals surface area contributed by atoms with Gasteiger partial charge in [-0.25, -0.2) is 4.79 Å². The summed E-state index contributed by atoms with van der Waals surface area (Å²) >= 11 is 0. The van der Waals surface area contributed by atoms with Gasteiger partial charge in [-0.1, -0.05) is 12.1 Å². The highest BCUT2D eigenvalue weighted by atomic mass is 19.4. The Morgan fingerprint density at radius 1 is 1.05 bits per heavy atom. The third kappa shape index (κ3) is 7.60. The average molecular weight is 809 g/mol. The van der Waals surface area contributed by atoms with Crippen LogP contribution in [0.1, 0.15) is 81.7 Å². The monoisotopic (exact) mass is 808 g/mol. The van der Waals surface area contributed by atoms with Crippen molar-refractivity contribution in [2.24, 2.45) is 0 Å². The summed E-state index contributed by atoms with van der Waals surface area (Å²) in [5, 5.41) is 47.8. The number of rotatable bonds is 11. The number of alkyl halides is 3. The molecule has 5 unspecified atom stereocenters. The topological polar surface area (TPSA) is 271 Å². The Hall–Kier alpha value is -5.32. The maximum Gasteiger partial charge on any atom is 0.471 e. The van der Waals surface area contributed by atoms with E-state index in [0.29, 0.717) is 0 Å². The number of aldehydes is 1. The first-order valence-corrected chi connectivity index (χ1v) is 17.3. The number of methoxy groups -OCH3 is 1. The lowest BCUT2D eigenvalue weighted by atomic mass is 9.71. The van der Waals surface area contributed by atoms with Crippen LogP contribution in [-0.4, -0.2) is 124 Å². The zero-order valence-electron chi connectivity index (χ0n) is 29.9. The molecule has 0 aromatic heterocycles. The molecule has 1 amide bonds. The van der Waals surface area contributed by atoms with Gasteiger partial charge >= 0.3 is 18.1 Å². The van der Waals surface area contributed by atoms with Crippen LogP contribution >= 0.6 is 0 Å². The molecule has 6 N–H and O–H groups in total. The molecule has 2 aromatic carbocycles. The Labute approximate surface area is 319 Å². The fraction of sp³-hybridized carbons (Fsp3) is 0.472. The van der Waals surface area contributed by atoms with Crippen molar-refractivity contribution < 1.29 is 90.9 Å². The number of phenolic OH excluding ortho intramolecular Hbond substituents is 2. The minimum atomic E-state index is -5.33. The number of aliphatic hydroxyl groups is 2. The van der Waals surface area contributed by atoms with Crippen molar-refractivity contribution in [1.82, 2.24) is 10.8 Å². The molecule has 1 aliphatic heterocycles. The number of phenols is 2. The van der Waals surface area contributed by atoms with Crippen LogP contribution in [0.15, 0.2) is 18.2 Å². The summed E-state index contributed by atoms with van der Waals surface area (Å²) in [4.78, 5) is 93.2. The molecular formula is C36H35F3N2O16. The molecule has 1 saturated heterocycles. The lowest BCUT2D eigenvalue weighted by Crippen LogP contribution is -2.58. The molecule has 2 fully saturated rings. The number of amides is 1. The van der Waals surface area contributed by atoms with Crippen LogP contribution in [-0.2, 0) is 49.4 Å². The molecule has 1 saturated carbocycles.